The number of ether oxygens (including phenoxy) is 1. The zero-order chi connectivity index (χ0) is 15.1. The van der Waals surface area contributed by atoms with Crippen LogP contribution in [0.3, 0.4) is 0 Å². The number of carbonyl (C=O) groups is 1. The van der Waals surface area contributed by atoms with Crippen LogP contribution in [0.15, 0.2) is 35.2 Å². The number of allylic oxidation sites excluding steroid dienone is 2. The van der Waals surface area contributed by atoms with Crippen LogP contribution in [0, 0.1) is 10.1 Å². The van der Waals surface area contributed by atoms with Gasteiger partial charge in [-0.25, -0.2) is 4.79 Å². The summed E-state index contributed by atoms with van der Waals surface area (Å²) in [5.41, 5.74) is 1.25. The summed E-state index contributed by atoms with van der Waals surface area (Å²) in [4.78, 5) is 24.0. The molecule has 0 amide bonds. The molecule has 6 nitrogen and oxygen atoms in total. The Balaban J connectivity index is 2.93. The van der Waals surface area contributed by atoms with E-state index in [1.807, 2.05) is 4.90 Å². The van der Waals surface area contributed by atoms with Gasteiger partial charge < -0.3 is 9.64 Å². The van der Waals surface area contributed by atoms with Gasteiger partial charge in [0.2, 0.25) is 0 Å². The molecule has 0 saturated carbocycles. The largest absolute Gasteiger partial charge is 0.466 e. The van der Waals surface area contributed by atoms with Gasteiger partial charge in [0.1, 0.15) is 5.70 Å². The van der Waals surface area contributed by atoms with Gasteiger partial charge in [0.25, 0.3) is 5.70 Å². The first-order valence-corrected chi connectivity index (χ1v) is 7.26. The molecule has 0 atom stereocenters. The van der Waals surface area contributed by atoms with Gasteiger partial charge in [-0.05, 0) is 25.5 Å². The fourth-order valence-corrected chi connectivity index (χ4v) is 2.33. The molecular weight excluding hydrogens is 328 g/mol. The zero-order valence-electron chi connectivity index (χ0n) is 11.5. The summed E-state index contributed by atoms with van der Waals surface area (Å²) >= 11 is 3.27. The van der Waals surface area contributed by atoms with Gasteiger partial charge in [0, 0.05) is 24.0 Å². The summed E-state index contributed by atoms with van der Waals surface area (Å²) in [5, 5.41) is 11.6. The topological polar surface area (TPSA) is 72.7 Å². The SMILES string of the molecule is C/C=C(\C(=C/CBr)N1CC=C(C(=O)OC)CC1)[N+](=O)[O-]. The first kappa shape index (κ1) is 16.4. The summed E-state index contributed by atoms with van der Waals surface area (Å²) in [6.07, 6.45) is 5.51. The van der Waals surface area contributed by atoms with Crippen LogP contribution in [0.1, 0.15) is 13.3 Å². The number of carbonyl (C=O) groups excluding carboxylic acids is 1. The number of alkyl halides is 1. The molecule has 1 aliphatic heterocycles. The van der Waals surface area contributed by atoms with Crippen LogP contribution in [-0.2, 0) is 9.53 Å². The van der Waals surface area contributed by atoms with Crippen molar-refractivity contribution in [3.63, 3.8) is 0 Å². The molecule has 0 aromatic heterocycles. The van der Waals surface area contributed by atoms with E-state index in [1.165, 1.54) is 13.2 Å². The summed E-state index contributed by atoms with van der Waals surface area (Å²) < 4.78 is 4.67. The number of hydrogen-bond acceptors (Lipinski definition) is 5. The number of esters is 1. The first-order chi connectivity index (χ1) is 9.54. The number of halogens is 1. The Morgan fingerprint density at radius 1 is 1.65 bits per heavy atom. The molecule has 0 aromatic carbocycles. The summed E-state index contributed by atoms with van der Waals surface area (Å²) in [5.74, 6) is -0.337. The quantitative estimate of drug-likeness (QED) is 0.251. The van der Waals surface area contributed by atoms with Crippen LogP contribution in [0.2, 0.25) is 0 Å². The lowest BCUT2D eigenvalue weighted by Crippen LogP contribution is -2.32. The van der Waals surface area contributed by atoms with Gasteiger partial charge in [0.15, 0.2) is 0 Å². The summed E-state index contributed by atoms with van der Waals surface area (Å²) in [7, 11) is 1.34. The lowest BCUT2D eigenvalue weighted by Gasteiger charge is -2.28. The molecule has 7 heteroatoms. The normalized spacial score (nSPS) is 16.8. The highest BCUT2D eigenvalue weighted by Crippen LogP contribution is 2.22. The van der Waals surface area contributed by atoms with E-state index in [-0.39, 0.29) is 11.7 Å². The molecule has 20 heavy (non-hydrogen) atoms. The fraction of sp³-hybridized carbons (Fsp3) is 0.462. The monoisotopic (exact) mass is 344 g/mol. The standard InChI is InChI=1S/C13H17BrN2O4/c1-3-11(16(18)19)12(4-7-14)15-8-5-10(6-9-15)13(17)20-2/h3-5H,6-9H2,1-2H3/b11-3+,12-4+. The van der Waals surface area contributed by atoms with E-state index in [0.29, 0.717) is 36.1 Å². The molecular formula is C13H17BrN2O4. The van der Waals surface area contributed by atoms with E-state index in [2.05, 4.69) is 20.7 Å². The molecule has 0 fully saturated rings. The van der Waals surface area contributed by atoms with Crippen molar-refractivity contribution < 1.29 is 14.5 Å². The van der Waals surface area contributed by atoms with Gasteiger partial charge in [0.05, 0.1) is 12.0 Å². The third-order valence-corrected chi connectivity index (χ3v) is 3.32. The number of hydrogen-bond donors (Lipinski definition) is 0. The number of nitrogens with zero attached hydrogens (tertiary/aromatic N) is 2. The van der Waals surface area contributed by atoms with Gasteiger partial charge in [-0.2, -0.15) is 0 Å². The van der Waals surface area contributed by atoms with Crippen molar-refractivity contribution >= 4 is 21.9 Å². The molecule has 0 unspecified atom stereocenters. The summed E-state index contributed by atoms with van der Waals surface area (Å²) in [6.45, 7) is 2.64. The number of rotatable bonds is 5. The fourth-order valence-electron chi connectivity index (χ4n) is 2.02. The molecule has 0 N–H and O–H groups in total. The minimum Gasteiger partial charge on any atom is -0.466 e. The minimum absolute atomic E-state index is 0.0689. The second-order valence-corrected chi connectivity index (χ2v) is 4.74. The van der Waals surface area contributed by atoms with Crippen molar-refractivity contribution in [1.29, 1.82) is 0 Å². The lowest BCUT2D eigenvalue weighted by molar-refractivity contribution is -0.422. The van der Waals surface area contributed by atoms with Crippen LogP contribution in [0.5, 0.6) is 0 Å². The molecule has 110 valence electrons. The molecule has 0 spiro atoms. The number of nitro groups is 1. The molecule has 1 heterocycles. The summed E-state index contributed by atoms with van der Waals surface area (Å²) in [6, 6.07) is 0. The van der Waals surface area contributed by atoms with E-state index in [9.17, 15) is 14.9 Å². The lowest BCUT2D eigenvalue weighted by atomic mass is 10.1. The predicted octanol–water partition coefficient (Wildman–Crippen LogP) is 2.25. The molecule has 0 bridgehead atoms. The maximum atomic E-state index is 11.4. The van der Waals surface area contributed by atoms with Crippen molar-refractivity contribution in [3.05, 3.63) is 45.3 Å². The zero-order valence-corrected chi connectivity index (χ0v) is 13.1. The Morgan fingerprint density at radius 2 is 2.35 bits per heavy atom. The highest BCUT2D eigenvalue weighted by atomic mass is 79.9. The highest BCUT2D eigenvalue weighted by molar-refractivity contribution is 9.09. The van der Waals surface area contributed by atoms with Gasteiger partial charge in [-0.3, -0.25) is 10.1 Å². The maximum Gasteiger partial charge on any atom is 0.333 e. The van der Waals surface area contributed by atoms with E-state index in [0.717, 1.165) is 0 Å². The molecule has 0 radical (unpaired) electrons. The second-order valence-electron chi connectivity index (χ2n) is 4.09. The Morgan fingerprint density at radius 3 is 2.75 bits per heavy atom. The highest BCUT2D eigenvalue weighted by Gasteiger charge is 2.25. The Labute approximate surface area is 126 Å². The molecule has 0 aliphatic carbocycles. The maximum absolute atomic E-state index is 11.4. The van der Waals surface area contributed by atoms with Crippen molar-refractivity contribution in [3.8, 4) is 0 Å². The van der Waals surface area contributed by atoms with Crippen molar-refractivity contribution in [1.82, 2.24) is 4.90 Å². The number of methoxy groups -OCH3 is 1. The third-order valence-electron chi connectivity index (χ3n) is 3.00. The average molecular weight is 345 g/mol. The first-order valence-electron chi connectivity index (χ1n) is 6.14. The Kier molecular flexibility index (Phi) is 6.44. The van der Waals surface area contributed by atoms with E-state index in [1.54, 1.807) is 19.1 Å². The molecule has 0 saturated heterocycles. The Bertz CT molecular complexity index is 483. The van der Waals surface area contributed by atoms with Crippen LogP contribution in [0.25, 0.3) is 0 Å². The van der Waals surface area contributed by atoms with E-state index >= 15 is 0 Å². The van der Waals surface area contributed by atoms with Gasteiger partial charge in [-0.1, -0.05) is 22.0 Å². The Hall–Kier alpha value is -1.63. The van der Waals surface area contributed by atoms with Crippen LogP contribution >= 0.6 is 15.9 Å². The second kappa shape index (κ2) is 7.84. The predicted molar refractivity (Wildman–Crippen MR) is 78.9 cm³/mol. The van der Waals surface area contributed by atoms with E-state index in [4.69, 9.17) is 0 Å². The van der Waals surface area contributed by atoms with Crippen molar-refractivity contribution in [2.24, 2.45) is 0 Å². The van der Waals surface area contributed by atoms with Crippen LogP contribution in [0.4, 0.5) is 0 Å². The molecule has 0 aromatic rings. The van der Waals surface area contributed by atoms with Crippen LogP contribution < -0.4 is 0 Å². The molecule has 1 rings (SSSR count). The average Bonchev–Trinajstić information content (AvgIpc) is 2.46. The smallest absolute Gasteiger partial charge is 0.333 e. The van der Waals surface area contributed by atoms with Gasteiger partial charge >= 0.3 is 5.97 Å². The van der Waals surface area contributed by atoms with E-state index < -0.39 is 4.92 Å². The minimum atomic E-state index is -0.395. The van der Waals surface area contributed by atoms with Crippen molar-refractivity contribution in [2.45, 2.75) is 13.3 Å². The van der Waals surface area contributed by atoms with Crippen LogP contribution in [-0.4, -0.2) is 41.3 Å². The van der Waals surface area contributed by atoms with Crippen molar-refractivity contribution in [2.75, 3.05) is 25.5 Å². The molecule has 1 aliphatic rings. The van der Waals surface area contributed by atoms with Gasteiger partial charge in [-0.15, -0.1) is 0 Å². The third kappa shape index (κ3) is 3.93.